The molecule has 0 aromatic rings. The molecule has 0 amide bonds. The Labute approximate surface area is 111 Å². The van der Waals surface area contributed by atoms with Crippen molar-refractivity contribution in [2.45, 2.75) is 26.6 Å². The molecule has 1 saturated carbocycles. The third kappa shape index (κ3) is 0.964. The van der Waals surface area contributed by atoms with Crippen molar-refractivity contribution >= 4 is 69.6 Å². The van der Waals surface area contributed by atoms with Crippen LogP contribution >= 0.6 is 69.6 Å². The van der Waals surface area contributed by atoms with Gasteiger partial charge in [-0.25, -0.2) is 0 Å². The molecule has 2 aliphatic carbocycles. The van der Waals surface area contributed by atoms with Gasteiger partial charge in [0.15, 0.2) is 4.33 Å². The lowest BCUT2D eigenvalue weighted by Crippen LogP contribution is -2.45. The number of rotatable bonds is 0. The van der Waals surface area contributed by atoms with Gasteiger partial charge in [0.2, 0.25) is 0 Å². The highest BCUT2D eigenvalue weighted by molar-refractivity contribution is 6.65. The van der Waals surface area contributed by atoms with E-state index in [2.05, 4.69) is 0 Å². The summed E-state index contributed by atoms with van der Waals surface area (Å²) in [6, 6.07) is 0. The number of halogens is 6. The molecule has 0 aliphatic heterocycles. The van der Waals surface area contributed by atoms with Crippen molar-refractivity contribution in [3.63, 3.8) is 0 Å². The van der Waals surface area contributed by atoms with Crippen LogP contribution in [0.4, 0.5) is 0 Å². The first-order chi connectivity index (χ1) is 6.19. The van der Waals surface area contributed by atoms with E-state index in [1.807, 2.05) is 0 Å². The smallest absolute Gasteiger partial charge is 0.168 e. The van der Waals surface area contributed by atoms with Gasteiger partial charge in [0, 0.05) is 6.42 Å². The second kappa shape index (κ2) is 3.01. The average molecular weight is 317 g/mol. The summed E-state index contributed by atoms with van der Waals surface area (Å²) >= 11 is 36.1. The van der Waals surface area contributed by atoms with Crippen LogP contribution in [0.15, 0.2) is 10.1 Å². The fraction of sp³-hybridized carbons (Fsp3) is 0.714. The van der Waals surface area contributed by atoms with E-state index in [1.165, 1.54) is 0 Å². The SMILES string of the molecule is O[C@H]1C[C@]2(Cl)C(Cl)=C(Cl)[C@@]1(Cl)C2(Cl)Cl. The number of alkyl halides is 4. The Morgan fingerprint density at radius 3 is 1.86 bits per heavy atom. The first-order valence-electron chi connectivity index (χ1n) is 3.69. The second-order valence-electron chi connectivity index (χ2n) is 3.44. The maximum Gasteiger partial charge on any atom is 0.168 e. The largest absolute Gasteiger partial charge is 0.391 e. The fourth-order valence-corrected chi connectivity index (χ4v) is 4.52. The lowest BCUT2D eigenvalue weighted by Gasteiger charge is -2.31. The van der Waals surface area contributed by atoms with Gasteiger partial charge in [0.1, 0.15) is 9.75 Å². The highest BCUT2D eigenvalue weighted by Crippen LogP contribution is 2.72. The molecule has 0 unspecified atom stereocenters. The lowest BCUT2D eigenvalue weighted by atomic mass is 10.0. The van der Waals surface area contributed by atoms with E-state index in [-0.39, 0.29) is 16.5 Å². The number of aliphatic hydroxyl groups excluding tert-OH is 1. The molecule has 80 valence electrons. The van der Waals surface area contributed by atoms with Crippen molar-refractivity contribution in [1.82, 2.24) is 0 Å². The third-order valence-electron chi connectivity index (χ3n) is 2.75. The second-order valence-corrected chi connectivity index (χ2v) is 6.76. The van der Waals surface area contributed by atoms with E-state index in [9.17, 15) is 5.11 Å². The first-order valence-corrected chi connectivity index (χ1v) is 5.96. The van der Waals surface area contributed by atoms with Crippen molar-refractivity contribution in [2.75, 3.05) is 0 Å². The number of allylic oxidation sites excluding steroid dienone is 1. The molecule has 1 N–H and O–H groups in total. The molecule has 2 aliphatic rings. The van der Waals surface area contributed by atoms with Crippen molar-refractivity contribution in [3.05, 3.63) is 10.1 Å². The first kappa shape index (κ1) is 11.9. The van der Waals surface area contributed by atoms with Gasteiger partial charge in [0.05, 0.1) is 16.2 Å². The normalized spacial score (nSPS) is 50.4. The van der Waals surface area contributed by atoms with E-state index in [0.717, 1.165) is 0 Å². The Hall–Kier alpha value is 1.44. The van der Waals surface area contributed by atoms with E-state index in [1.54, 1.807) is 0 Å². The predicted octanol–water partition coefficient (Wildman–Crippen LogP) is 3.58. The Balaban J connectivity index is 2.70. The van der Waals surface area contributed by atoms with Crippen LogP contribution in [-0.4, -0.2) is 25.3 Å². The maximum absolute atomic E-state index is 9.71. The number of hydrogen-bond donors (Lipinski definition) is 1. The highest BCUT2D eigenvalue weighted by atomic mass is 35.5. The van der Waals surface area contributed by atoms with E-state index < -0.39 is 20.2 Å². The molecule has 2 rings (SSSR count). The molecular weight excluding hydrogens is 313 g/mol. The summed E-state index contributed by atoms with van der Waals surface area (Å²) in [7, 11) is 0. The zero-order valence-electron chi connectivity index (χ0n) is 6.50. The van der Waals surface area contributed by atoms with Gasteiger partial charge < -0.3 is 5.11 Å². The van der Waals surface area contributed by atoms with Crippen LogP contribution in [0.5, 0.6) is 0 Å². The van der Waals surface area contributed by atoms with Gasteiger partial charge in [-0.2, -0.15) is 0 Å². The van der Waals surface area contributed by atoms with Crippen molar-refractivity contribution in [2.24, 2.45) is 0 Å². The van der Waals surface area contributed by atoms with Crippen LogP contribution in [0.3, 0.4) is 0 Å². The van der Waals surface area contributed by atoms with Crippen LogP contribution in [0, 0.1) is 0 Å². The number of aliphatic hydroxyl groups is 1. The minimum atomic E-state index is -1.60. The number of fused-ring (bicyclic) bond motifs is 2. The molecule has 2 bridgehead atoms. The molecule has 3 atom stereocenters. The van der Waals surface area contributed by atoms with E-state index in [0.29, 0.717) is 0 Å². The predicted molar refractivity (Wildman–Crippen MR) is 61.0 cm³/mol. The van der Waals surface area contributed by atoms with Crippen LogP contribution in [-0.2, 0) is 0 Å². The molecule has 0 spiro atoms. The van der Waals surface area contributed by atoms with Crippen LogP contribution in [0.2, 0.25) is 0 Å². The molecule has 14 heavy (non-hydrogen) atoms. The monoisotopic (exact) mass is 314 g/mol. The summed E-state index contributed by atoms with van der Waals surface area (Å²) in [4.78, 5) is -2.80. The maximum atomic E-state index is 9.71. The lowest BCUT2D eigenvalue weighted by molar-refractivity contribution is 0.157. The Morgan fingerprint density at radius 1 is 1.07 bits per heavy atom. The van der Waals surface area contributed by atoms with Crippen LogP contribution < -0.4 is 0 Å². The molecule has 0 aromatic heterocycles. The van der Waals surface area contributed by atoms with Gasteiger partial charge in [-0.05, 0) is 0 Å². The summed E-state index contributed by atoms with van der Waals surface area (Å²) in [6.07, 6.45) is -0.924. The molecular formula is C7H4Cl6O. The summed E-state index contributed by atoms with van der Waals surface area (Å²) < 4.78 is -1.60. The zero-order valence-corrected chi connectivity index (χ0v) is 11.0. The fourth-order valence-electron chi connectivity index (χ4n) is 1.88. The van der Waals surface area contributed by atoms with E-state index >= 15 is 0 Å². The Bertz CT molecular complexity index is 339. The molecule has 1 fully saturated rings. The zero-order chi connectivity index (χ0) is 10.9. The Morgan fingerprint density at radius 2 is 1.57 bits per heavy atom. The molecule has 0 heterocycles. The molecule has 0 aromatic carbocycles. The number of hydrogen-bond acceptors (Lipinski definition) is 1. The quantitative estimate of drug-likeness (QED) is 0.677. The topological polar surface area (TPSA) is 20.2 Å². The van der Waals surface area contributed by atoms with Crippen LogP contribution in [0.1, 0.15) is 6.42 Å². The minimum Gasteiger partial charge on any atom is -0.391 e. The summed E-state index contributed by atoms with van der Waals surface area (Å²) in [5.74, 6) is 0. The van der Waals surface area contributed by atoms with E-state index in [4.69, 9.17) is 69.6 Å². The van der Waals surface area contributed by atoms with Gasteiger partial charge in [-0.1, -0.05) is 46.4 Å². The summed E-state index contributed by atoms with van der Waals surface area (Å²) in [5.41, 5.74) is 0. The highest BCUT2D eigenvalue weighted by Gasteiger charge is 2.78. The van der Waals surface area contributed by atoms with Crippen molar-refractivity contribution < 1.29 is 5.11 Å². The average Bonchev–Trinajstić information content (AvgIpc) is 2.27. The Kier molecular flexibility index (Phi) is 2.56. The third-order valence-corrected chi connectivity index (χ3v) is 7.02. The van der Waals surface area contributed by atoms with Crippen molar-refractivity contribution in [1.29, 1.82) is 0 Å². The van der Waals surface area contributed by atoms with Gasteiger partial charge in [-0.15, -0.1) is 23.2 Å². The molecule has 0 radical (unpaired) electrons. The standard InChI is InChI=1S/C7H4Cl6O/c8-3-4(9)6(11)2(14)1-5(3,10)7(6,12)13/h2,14H,1H2/t2-,5-,6+/m0/s1. The van der Waals surface area contributed by atoms with Gasteiger partial charge in [0.25, 0.3) is 0 Å². The molecule has 0 saturated heterocycles. The van der Waals surface area contributed by atoms with Crippen LogP contribution in [0.25, 0.3) is 0 Å². The van der Waals surface area contributed by atoms with Crippen molar-refractivity contribution in [3.8, 4) is 0 Å². The molecule has 7 heteroatoms. The van der Waals surface area contributed by atoms with Gasteiger partial charge in [-0.3, -0.25) is 0 Å². The summed E-state index contributed by atoms with van der Waals surface area (Å²) in [5, 5.41) is 9.85. The van der Waals surface area contributed by atoms with Gasteiger partial charge >= 0.3 is 0 Å². The molecule has 1 nitrogen and oxygen atoms in total. The minimum absolute atomic E-state index is 0.0274. The summed E-state index contributed by atoms with van der Waals surface area (Å²) in [6.45, 7) is 0.